The van der Waals surface area contributed by atoms with Gasteiger partial charge in [0.2, 0.25) is 0 Å². The molecule has 0 heterocycles. The number of carbonyl (C=O) groups is 2. The summed E-state index contributed by atoms with van der Waals surface area (Å²) in [6.45, 7) is 0.0227. The van der Waals surface area contributed by atoms with Gasteiger partial charge in [0.25, 0.3) is 5.91 Å². The first kappa shape index (κ1) is 13.5. The van der Waals surface area contributed by atoms with E-state index in [4.69, 9.17) is 16.7 Å². The number of halogens is 1. The fraction of sp³-hybridized carbons (Fsp3) is 0.273. The van der Waals surface area contributed by atoms with Crippen LogP contribution < -0.4 is 5.32 Å². The number of ether oxygens (including phenoxy) is 1. The van der Waals surface area contributed by atoms with Gasteiger partial charge in [-0.1, -0.05) is 11.6 Å². The molecule has 1 amide bonds. The highest BCUT2D eigenvalue weighted by Crippen LogP contribution is 2.18. The molecule has 5 nitrogen and oxygen atoms in total. The van der Waals surface area contributed by atoms with E-state index in [9.17, 15) is 9.59 Å². The number of amides is 1. The maximum absolute atomic E-state index is 11.5. The molecule has 0 aromatic heterocycles. The van der Waals surface area contributed by atoms with Crippen molar-refractivity contribution in [1.29, 1.82) is 0 Å². The normalized spacial score (nSPS) is 9.82. The van der Waals surface area contributed by atoms with E-state index < -0.39 is 5.97 Å². The molecule has 1 rings (SSSR count). The molecule has 1 aromatic carbocycles. The summed E-state index contributed by atoms with van der Waals surface area (Å²) in [5.41, 5.74) is 0.518. The van der Waals surface area contributed by atoms with Crippen LogP contribution in [0.5, 0.6) is 0 Å². The third-order valence-corrected chi connectivity index (χ3v) is 2.35. The van der Waals surface area contributed by atoms with E-state index in [1.807, 2.05) is 0 Å². The van der Waals surface area contributed by atoms with Gasteiger partial charge < -0.3 is 15.2 Å². The summed E-state index contributed by atoms with van der Waals surface area (Å²) >= 11 is 5.85. The van der Waals surface area contributed by atoms with E-state index in [1.54, 1.807) is 0 Å². The molecule has 0 fully saturated rings. The van der Waals surface area contributed by atoms with Crippen molar-refractivity contribution in [3.63, 3.8) is 0 Å². The lowest BCUT2D eigenvalue weighted by molar-refractivity contribution is 0.0600. The molecule has 0 aliphatic carbocycles. The summed E-state index contributed by atoms with van der Waals surface area (Å²) in [6.07, 6.45) is 0. The molecule has 6 heteroatoms. The average Bonchev–Trinajstić information content (AvgIpc) is 2.34. The Bertz CT molecular complexity index is 433. The molecule has 0 spiro atoms. The van der Waals surface area contributed by atoms with E-state index in [0.29, 0.717) is 5.56 Å². The van der Waals surface area contributed by atoms with Gasteiger partial charge in [-0.15, -0.1) is 0 Å². The van der Waals surface area contributed by atoms with Gasteiger partial charge in [-0.05, 0) is 18.2 Å². The van der Waals surface area contributed by atoms with Crippen LogP contribution in [0.2, 0.25) is 5.02 Å². The number of hydrogen-bond donors (Lipinski definition) is 2. The fourth-order valence-electron chi connectivity index (χ4n) is 1.20. The minimum Gasteiger partial charge on any atom is -0.465 e. The largest absolute Gasteiger partial charge is 0.465 e. The lowest BCUT2D eigenvalue weighted by Crippen LogP contribution is -2.26. The Morgan fingerprint density at radius 1 is 1.47 bits per heavy atom. The molecule has 2 N–H and O–H groups in total. The van der Waals surface area contributed by atoms with E-state index >= 15 is 0 Å². The topological polar surface area (TPSA) is 75.6 Å². The minimum absolute atomic E-state index is 0.139. The summed E-state index contributed by atoms with van der Waals surface area (Å²) in [6, 6.07) is 4.26. The zero-order valence-electron chi connectivity index (χ0n) is 9.20. The molecule has 1 aromatic rings. The molecule has 0 radical (unpaired) electrons. The van der Waals surface area contributed by atoms with Crippen LogP contribution in [0.4, 0.5) is 0 Å². The number of aliphatic hydroxyl groups excluding tert-OH is 1. The Labute approximate surface area is 103 Å². The summed E-state index contributed by atoms with van der Waals surface area (Å²) in [5, 5.41) is 11.2. The third kappa shape index (κ3) is 3.44. The van der Waals surface area contributed by atoms with Crippen LogP contribution in [0, 0.1) is 0 Å². The highest BCUT2D eigenvalue weighted by atomic mass is 35.5. The third-order valence-electron chi connectivity index (χ3n) is 2.03. The number of hydrogen-bond acceptors (Lipinski definition) is 4. The van der Waals surface area contributed by atoms with Crippen molar-refractivity contribution in [2.24, 2.45) is 0 Å². The van der Waals surface area contributed by atoms with E-state index in [1.165, 1.54) is 25.3 Å². The SMILES string of the molecule is COC(=O)c1ccc(C(=O)NCCO)cc1Cl. The minimum atomic E-state index is -0.558. The van der Waals surface area contributed by atoms with Crippen LogP contribution in [0.1, 0.15) is 20.7 Å². The number of carbonyl (C=O) groups excluding carboxylic acids is 2. The van der Waals surface area contributed by atoms with Crippen molar-refractivity contribution in [2.75, 3.05) is 20.3 Å². The predicted octanol–water partition coefficient (Wildman–Crippen LogP) is 0.849. The monoisotopic (exact) mass is 257 g/mol. The van der Waals surface area contributed by atoms with Crippen LogP contribution in [-0.2, 0) is 4.74 Å². The first-order chi connectivity index (χ1) is 8.10. The molecule has 0 unspecified atom stereocenters. The lowest BCUT2D eigenvalue weighted by Gasteiger charge is -2.06. The Balaban J connectivity index is 2.88. The van der Waals surface area contributed by atoms with Crippen molar-refractivity contribution >= 4 is 23.5 Å². The summed E-state index contributed by atoms with van der Waals surface area (Å²) in [4.78, 5) is 22.8. The molecule has 0 saturated heterocycles. The second-order valence-corrected chi connectivity index (χ2v) is 3.57. The van der Waals surface area contributed by atoms with Gasteiger partial charge in [0.1, 0.15) is 0 Å². The summed E-state index contributed by atoms with van der Waals surface area (Å²) < 4.78 is 4.53. The zero-order chi connectivity index (χ0) is 12.8. The Kier molecular flexibility index (Phi) is 4.93. The molecular formula is C11H12ClNO4. The van der Waals surface area contributed by atoms with Crippen molar-refractivity contribution in [3.8, 4) is 0 Å². The predicted molar refractivity (Wildman–Crippen MR) is 62.2 cm³/mol. The Morgan fingerprint density at radius 3 is 2.71 bits per heavy atom. The van der Waals surface area contributed by atoms with Gasteiger partial charge in [0, 0.05) is 12.1 Å². The van der Waals surface area contributed by atoms with Gasteiger partial charge >= 0.3 is 5.97 Å². The van der Waals surface area contributed by atoms with Crippen LogP contribution in [0.25, 0.3) is 0 Å². The Morgan fingerprint density at radius 2 is 2.18 bits per heavy atom. The molecule has 0 bridgehead atoms. The maximum Gasteiger partial charge on any atom is 0.339 e. The molecule has 92 valence electrons. The van der Waals surface area contributed by atoms with Gasteiger partial charge in [0.15, 0.2) is 0 Å². The molecule has 0 atom stereocenters. The zero-order valence-corrected chi connectivity index (χ0v) is 9.95. The number of rotatable bonds is 4. The quantitative estimate of drug-likeness (QED) is 0.784. The highest BCUT2D eigenvalue weighted by molar-refractivity contribution is 6.34. The number of nitrogens with one attached hydrogen (secondary N) is 1. The standard InChI is InChI=1S/C11H12ClNO4/c1-17-11(16)8-3-2-7(6-9(8)12)10(15)13-4-5-14/h2-3,6,14H,4-5H2,1H3,(H,13,15). The molecular weight excluding hydrogens is 246 g/mol. The number of methoxy groups -OCH3 is 1. The number of benzene rings is 1. The van der Waals surface area contributed by atoms with Crippen LogP contribution in [0.15, 0.2) is 18.2 Å². The van der Waals surface area contributed by atoms with E-state index in [-0.39, 0.29) is 29.6 Å². The van der Waals surface area contributed by atoms with Gasteiger partial charge in [-0.3, -0.25) is 4.79 Å². The average molecular weight is 258 g/mol. The van der Waals surface area contributed by atoms with Gasteiger partial charge in [-0.25, -0.2) is 4.79 Å². The van der Waals surface area contributed by atoms with Gasteiger partial charge in [-0.2, -0.15) is 0 Å². The van der Waals surface area contributed by atoms with Crippen molar-refractivity contribution < 1.29 is 19.4 Å². The number of aliphatic hydroxyl groups is 1. The van der Waals surface area contributed by atoms with Crippen LogP contribution in [-0.4, -0.2) is 37.2 Å². The fourth-order valence-corrected chi connectivity index (χ4v) is 1.46. The van der Waals surface area contributed by atoms with Crippen molar-refractivity contribution in [3.05, 3.63) is 34.3 Å². The van der Waals surface area contributed by atoms with Crippen molar-refractivity contribution in [2.45, 2.75) is 0 Å². The smallest absolute Gasteiger partial charge is 0.339 e. The maximum atomic E-state index is 11.5. The van der Waals surface area contributed by atoms with Crippen molar-refractivity contribution in [1.82, 2.24) is 5.32 Å². The summed E-state index contributed by atoms with van der Waals surface area (Å²) in [5.74, 6) is -0.922. The highest BCUT2D eigenvalue weighted by Gasteiger charge is 2.13. The first-order valence-corrected chi connectivity index (χ1v) is 5.25. The second kappa shape index (κ2) is 6.22. The van der Waals surface area contributed by atoms with Crippen LogP contribution in [0.3, 0.4) is 0 Å². The number of esters is 1. The van der Waals surface area contributed by atoms with E-state index in [0.717, 1.165) is 0 Å². The van der Waals surface area contributed by atoms with Gasteiger partial charge in [0.05, 0.1) is 24.3 Å². The molecule has 0 saturated carbocycles. The first-order valence-electron chi connectivity index (χ1n) is 4.87. The summed E-state index contributed by atoms with van der Waals surface area (Å²) in [7, 11) is 1.25. The molecule has 17 heavy (non-hydrogen) atoms. The van der Waals surface area contributed by atoms with E-state index in [2.05, 4.69) is 10.1 Å². The second-order valence-electron chi connectivity index (χ2n) is 3.17. The molecule has 0 aliphatic rings. The molecule has 0 aliphatic heterocycles. The van der Waals surface area contributed by atoms with Crippen LogP contribution >= 0.6 is 11.6 Å². The Hall–Kier alpha value is -1.59. The lowest BCUT2D eigenvalue weighted by atomic mass is 10.1.